The number of ether oxygens (including phenoxy) is 1. The van der Waals surface area contributed by atoms with Crippen molar-refractivity contribution < 1.29 is 23.5 Å². The second-order valence-corrected chi connectivity index (χ2v) is 7.46. The smallest absolute Gasteiger partial charge is 0.342 e. The zero-order valence-corrected chi connectivity index (χ0v) is 17.3. The highest BCUT2D eigenvalue weighted by Gasteiger charge is 2.31. The molecule has 156 valence electrons. The highest BCUT2D eigenvalue weighted by Crippen LogP contribution is 2.40. The number of primary amides is 1. The first-order chi connectivity index (χ1) is 13.9. The Hall–Kier alpha value is -2.82. The maximum absolute atomic E-state index is 12.4. The van der Waals surface area contributed by atoms with Crippen molar-refractivity contribution in [1.29, 1.82) is 0 Å². The highest BCUT2D eigenvalue weighted by atomic mass is 32.2. The Bertz CT molecular complexity index is 947. The van der Waals surface area contributed by atoms with Crippen molar-refractivity contribution in [3.63, 3.8) is 0 Å². The van der Waals surface area contributed by atoms with Crippen molar-refractivity contribution in [2.45, 2.75) is 51.2 Å². The van der Waals surface area contributed by atoms with Crippen LogP contribution in [0.15, 0.2) is 9.57 Å². The Labute approximate surface area is 171 Å². The van der Waals surface area contributed by atoms with Gasteiger partial charge in [-0.3, -0.25) is 14.9 Å². The number of nitrogens with zero attached hydrogens (tertiary/aromatic N) is 3. The van der Waals surface area contributed by atoms with E-state index in [9.17, 15) is 14.4 Å². The van der Waals surface area contributed by atoms with Crippen LogP contribution in [0.2, 0.25) is 0 Å². The van der Waals surface area contributed by atoms with E-state index in [1.165, 1.54) is 18.7 Å². The normalized spacial score (nSPS) is 13.3. The third-order valence-electron chi connectivity index (χ3n) is 4.40. The Morgan fingerprint density at radius 3 is 2.59 bits per heavy atom. The molecule has 11 heteroatoms. The van der Waals surface area contributed by atoms with Gasteiger partial charge in [0.25, 0.3) is 5.91 Å². The third kappa shape index (κ3) is 4.44. The van der Waals surface area contributed by atoms with Gasteiger partial charge in [0.15, 0.2) is 5.16 Å². The molecule has 0 unspecified atom stereocenters. The van der Waals surface area contributed by atoms with E-state index in [-0.39, 0.29) is 35.1 Å². The molecule has 2 amide bonds. The maximum atomic E-state index is 12.4. The fourth-order valence-electron chi connectivity index (χ4n) is 2.96. The molecule has 0 radical (unpaired) electrons. The van der Waals surface area contributed by atoms with Crippen LogP contribution < -0.4 is 11.1 Å². The van der Waals surface area contributed by atoms with Crippen LogP contribution in [0.1, 0.15) is 64.9 Å². The van der Waals surface area contributed by atoms with Gasteiger partial charge < -0.3 is 19.5 Å². The summed E-state index contributed by atoms with van der Waals surface area (Å²) in [5.41, 5.74) is 5.11. The van der Waals surface area contributed by atoms with Gasteiger partial charge in [0.05, 0.1) is 12.4 Å². The minimum Gasteiger partial charge on any atom is -0.462 e. The van der Waals surface area contributed by atoms with E-state index in [4.69, 9.17) is 14.9 Å². The molecule has 3 N–H and O–H groups in total. The summed E-state index contributed by atoms with van der Waals surface area (Å²) >= 11 is 1.23. The monoisotopic (exact) mass is 421 g/mol. The second kappa shape index (κ2) is 8.68. The molecule has 0 bridgehead atoms. The minimum atomic E-state index is -0.896. The van der Waals surface area contributed by atoms with Crippen LogP contribution in [0.5, 0.6) is 0 Å². The van der Waals surface area contributed by atoms with Crippen LogP contribution >= 0.6 is 11.8 Å². The first-order valence-corrected chi connectivity index (χ1v) is 10.3. The summed E-state index contributed by atoms with van der Waals surface area (Å²) in [6.07, 6.45) is 2.22. The predicted octanol–water partition coefficient (Wildman–Crippen LogP) is 2.08. The standard InChI is InChI=1S/C18H23N5O5S/c1-4-23-15(10-6-7-10)21-22-18(23)29-8-11(24)20-16-13(14(19)25)12(9(3)28-16)17(26)27-5-2/h10H,4-8H2,1-3H3,(H2,19,25)(H,20,24). The molecular weight excluding hydrogens is 398 g/mol. The summed E-state index contributed by atoms with van der Waals surface area (Å²) in [7, 11) is 0. The molecule has 1 fully saturated rings. The van der Waals surface area contributed by atoms with E-state index >= 15 is 0 Å². The van der Waals surface area contributed by atoms with Crippen LogP contribution in [0.25, 0.3) is 0 Å². The van der Waals surface area contributed by atoms with Crippen molar-refractivity contribution >= 4 is 35.4 Å². The zero-order valence-electron chi connectivity index (χ0n) is 16.5. The van der Waals surface area contributed by atoms with Gasteiger partial charge in [-0.15, -0.1) is 10.2 Å². The van der Waals surface area contributed by atoms with Gasteiger partial charge in [0.1, 0.15) is 22.7 Å². The number of carbonyl (C=O) groups is 3. The quantitative estimate of drug-likeness (QED) is 0.463. The number of esters is 1. The average Bonchev–Trinajstić information content (AvgIpc) is 3.34. The Balaban J connectivity index is 1.72. The summed E-state index contributed by atoms with van der Waals surface area (Å²) in [6.45, 7) is 5.98. The molecule has 2 heterocycles. The van der Waals surface area contributed by atoms with Crippen molar-refractivity contribution in [1.82, 2.24) is 14.8 Å². The van der Waals surface area contributed by atoms with Crippen molar-refractivity contribution in [2.75, 3.05) is 17.7 Å². The lowest BCUT2D eigenvalue weighted by molar-refractivity contribution is -0.113. The fourth-order valence-corrected chi connectivity index (χ4v) is 3.77. The van der Waals surface area contributed by atoms with Crippen LogP contribution in [0.3, 0.4) is 0 Å². The molecule has 29 heavy (non-hydrogen) atoms. The molecule has 3 rings (SSSR count). The van der Waals surface area contributed by atoms with Gasteiger partial charge >= 0.3 is 5.97 Å². The number of furan rings is 1. The molecule has 0 saturated heterocycles. The number of carbonyl (C=O) groups excluding carboxylic acids is 3. The number of nitrogens with one attached hydrogen (secondary N) is 1. The largest absolute Gasteiger partial charge is 0.462 e. The number of aromatic nitrogens is 3. The molecule has 1 aliphatic carbocycles. The Morgan fingerprint density at radius 1 is 1.28 bits per heavy atom. The third-order valence-corrected chi connectivity index (χ3v) is 5.37. The Kier molecular flexibility index (Phi) is 6.26. The fraction of sp³-hybridized carbons (Fsp3) is 0.500. The zero-order chi connectivity index (χ0) is 21.1. The molecule has 2 aromatic heterocycles. The van der Waals surface area contributed by atoms with Gasteiger partial charge in [-0.2, -0.15) is 0 Å². The second-order valence-electron chi connectivity index (χ2n) is 6.52. The number of hydrogen-bond acceptors (Lipinski definition) is 8. The van der Waals surface area contributed by atoms with Crippen LogP contribution in [0, 0.1) is 6.92 Å². The molecule has 0 spiro atoms. The molecule has 0 atom stereocenters. The number of amides is 2. The van der Waals surface area contributed by atoms with E-state index in [0.29, 0.717) is 11.1 Å². The van der Waals surface area contributed by atoms with E-state index in [1.807, 2.05) is 11.5 Å². The predicted molar refractivity (Wildman–Crippen MR) is 105 cm³/mol. The molecule has 1 saturated carbocycles. The maximum Gasteiger partial charge on any atom is 0.342 e. The molecule has 1 aliphatic rings. The van der Waals surface area contributed by atoms with Crippen LogP contribution in [-0.4, -0.2) is 44.9 Å². The number of aryl methyl sites for hydroxylation is 1. The molecule has 10 nitrogen and oxygen atoms in total. The first-order valence-electron chi connectivity index (χ1n) is 9.33. The lowest BCUT2D eigenvalue weighted by atomic mass is 10.1. The summed E-state index contributed by atoms with van der Waals surface area (Å²) in [6, 6.07) is 0. The lowest BCUT2D eigenvalue weighted by Gasteiger charge is -2.07. The van der Waals surface area contributed by atoms with Crippen LogP contribution in [-0.2, 0) is 16.1 Å². The van der Waals surface area contributed by atoms with E-state index in [0.717, 1.165) is 25.2 Å². The van der Waals surface area contributed by atoms with Crippen molar-refractivity contribution in [3.05, 3.63) is 22.7 Å². The van der Waals surface area contributed by atoms with Crippen molar-refractivity contribution in [2.24, 2.45) is 5.73 Å². The molecule has 0 aromatic carbocycles. The summed E-state index contributed by atoms with van der Waals surface area (Å²) < 4.78 is 12.3. The van der Waals surface area contributed by atoms with Gasteiger partial charge in [0.2, 0.25) is 11.8 Å². The van der Waals surface area contributed by atoms with Crippen molar-refractivity contribution in [3.8, 4) is 0 Å². The number of nitrogens with two attached hydrogens (primary N) is 1. The number of thioether (sulfide) groups is 1. The van der Waals surface area contributed by atoms with Gasteiger partial charge in [-0.25, -0.2) is 4.79 Å². The lowest BCUT2D eigenvalue weighted by Crippen LogP contribution is -2.21. The molecule has 2 aromatic rings. The Morgan fingerprint density at radius 2 is 2.00 bits per heavy atom. The number of anilines is 1. The topological polar surface area (TPSA) is 142 Å². The van der Waals surface area contributed by atoms with Crippen LogP contribution in [0.4, 0.5) is 5.88 Å². The van der Waals surface area contributed by atoms with E-state index < -0.39 is 17.8 Å². The summed E-state index contributed by atoms with van der Waals surface area (Å²) in [5, 5.41) is 11.6. The molecular formula is C18H23N5O5S. The molecule has 0 aliphatic heterocycles. The minimum absolute atomic E-state index is 0.0233. The number of hydrogen-bond donors (Lipinski definition) is 2. The summed E-state index contributed by atoms with van der Waals surface area (Å²) in [4.78, 5) is 36.4. The van der Waals surface area contributed by atoms with E-state index in [1.54, 1.807) is 6.92 Å². The van der Waals surface area contributed by atoms with Gasteiger partial charge in [0, 0.05) is 12.5 Å². The van der Waals surface area contributed by atoms with Gasteiger partial charge in [-0.1, -0.05) is 11.8 Å². The number of rotatable bonds is 9. The SMILES string of the molecule is CCOC(=O)c1c(C)oc(NC(=O)CSc2nnc(C3CC3)n2CC)c1C(N)=O. The van der Waals surface area contributed by atoms with Gasteiger partial charge in [-0.05, 0) is 33.6 Å². The average molecular weight is 421 g/mol. The summed E-state index contributed by atoms with van der Waals surface area (Å²) in [5.74, 6) is -0.660. The highest BCUT2D eigenvalue weighted by molar-refractivity contribution is 7.99. The first kappa shape index (κ1) is 20.9. The van der Waals surface area contributed by atoms with E-state index in [2.05, 4.69) is 15.5 Å².